The molecule has 0 fully saturated rings. The van der Waals surface area contributed by atoms with Gasteiger partial charge >= 0.3 is 0 Å². The largest absolute Gasteiger partial charge is 0.331 e. The Labute approximate surface area is 49.2 Å². The van der Waals surface area contributed by atoms with Crippen LogP contribution in [-0.4, -0.2) is 4.21 Å². The summed E-state index contributed by atoms with van der Waals surface area (Å²) in [6, 6.07) is 0. The van der Waals surface area contributed by atoms with Crippen LogP contribution in [0.3, 0.4) is 0 Å². The minimum Gasteiger partial charge on any atom is -0.331 e. The van der Waals surface area contributed by atoms with E-state index in [1.54, 1.807) is 12.2 Å². The van der Waals surface area contributed by atoms with Gasteiger partial charge < -0.3 is 4.89 Å². The van der Waals surface area contributed by atoms with Crippen LogP contribution in [0.4, 0.5) is 0 Å². The van der Waals surface area contributed by atoms with Crippen LogP contribution in [0.25, 0.3) is 0 Å². The van der Waals surface area contributed by atoms with E-state index in [1.165, 1.54) is 11.7 Å². The van der Waals surface area contributed by atoms with Crippen molar-refractivity contribution < 1.29 is 13.4 Å². The monoisotopic (exact) mass is 132 g/mol. The maximum absolute atomic E-state index is 10.3. The highest BCUT2D eigenvalue weighted by atomic mass is 32.2. The van der Waals surface area contributed by atoms with Gasteiger partial charge in [-0.3, -0.25) is 0 Å². The van der Waals surface area contributed by atoms with Gasteiger partial charge in [0.25, 0.3) is 0 Å². The molecule has 1 atom stereocenters. The quantitative estimate of drug-likeness (QED) is 0.454. The SMILES string of the molecule is O=S1C=CC=COO1. The average molecular weight is 132 g/mol. The molecule has 0 N–H and O–H groups in total. The Kier molecular flexibility index (Phi) is 1.82. The normalized spacial score (nSPS) is 26.8. The summed E-state index contributed by atoms with van der Waals surface area (Å²) in [5, 5.41) is 1.38. The molecule has 1 unspecified atom stereocenters. The second-order valence-electron chi connectivity index (χ2n) is 1.08. The van der Waals surface area contributed by atoms with Crippen LogP contribution >= 0.6 is 0 Å². The molecule has 0 aromatic carbocycles. The third-order valence-electron chi connectivity index (χ3n) is 0.541. The van der Waals surface area contributed by atoms with E-state index in [1.807, 2.05) is 0 Å². The highest BCUT2D eigenvalue weighted by Gasteiger charge is 1.93. The lowest BCUT2D eigenvalue weighted by Crippen LogP contribution is -1.87. The van der Waals surface area contributed by atoms with Gasteiger partial charge in [-0.2, -0.15) is 0 Å². The summed E-state index contributed by atoms with van der Waals surface area (Å²) in [5.74, 6) is 0. The second-order valence-corrected chi connectivity index (χ2v) is 2.01. The van der Waals surface area contributed by atoms with Gasteiger partial charge in [-0.05, 0) is 12.2 Å². The molecule has 1 rings (SSSR count). The topological polar surface area (TPSA) is 35.5 Å². The Morgan fingerprint density at radius 3 is 3.12 bits per heavy atom. The van der Waals surface area contributed by atoms with Crippen LogP contribution in [0.15, 0.2) is 23.8 Å². The van der Waals surface area contributed by atoms with Crippen LogP contribution < -0.4 is 0 Å². The summed E-state index contributed by atoms with van der Waals surface area (Å²) in [6.45, 7) is 0. The number of hydrogen-bond donors (Lipinski definition) is 0. The first kappa shape index (κ1) is 5.53. The minimum atomic E-state index is -1.42. The highest BCUT2D eigenvalue weighted by Crippen LogP contribution is 1.95. The van der Waals surface area contributed by atoms with E-state index in [0.717, 1.165) is 0 Å². The molecule has 0 bridgehead atoms. The Morgan fingerprint density at radius 1 is 1.38 bits per heavy atom. The van der Waals surface area contributed by atoms with Crippen molar-refractivity contribution in [1.82, 2.24) is 0 Å². The van der Waals surface area contributed by atoms with Crippen molar-refractivity contribution in [1.29, 1.82) is 0 Å². The smallest absolute Gasteiger partial charge is 0.224 e. The summed E-state index contributed by atoms with van der Waals surface area (Å²) in [5.41, 5.74) is 0. The Morgan fingerprint density at radius 2 is 2.25 bits per heavy atom. The molecule has 3 nitrogen and oxygen atoms in total. The third-order valence-corrected chi connectivity index (χ3v) is 1.13. The Hall–Kier alpha value is -0.610. The minimum absolute atomic E-state index is 1.31. The van der Waals surface area contributed by atoms with Crippen molar-refractivity contribution in [3.63, 3.8) is 0 Å². The van der Waals surface area contributed by atoms with E-state index >= 15 is 0 Å². The van der Waals surface area contributed by atoms with Crippen LogP contribution in [0.5, 0.6) is 0 Å². The predicted molar refractivity (Wildman–Crippen MR) is 28.6 cm³/mol. The first-order valence-electron chi connectivity index (χ1n) is 1.97. The molecule has 8 heavy (non-hydrogen) atoms. The van der Waals surface area contributed by atoms with Gasteiger partial charge in [0.15, 0.2) is 0 Å². The van der Waals surface area contributed by atoms with Crippen LogP contribution in [0.1, 0.15) is 0 Å². The molecular formula is C4H4O3S. The van der Waals surface area contributed by atoms with Gasteiger partial charge in [0, 0.05) is 5.41 Å². The molecule has 0 spiro atoms. The van der Waals surface area contributed by atoms with Crippen molar-refractivity contribution in [2.75, 3.05) is 0 Å². The van der Waals surface area contributed by atoms with Crippen molar-refractivity contribution in [3.8, 4) is 0 Å². The number of allylic oxidation sites excluding steroid dienone is 2. The van der Waals surface area contributed by atoms with E-state index in [0.29, 0.717) is 0 Å². The third kappa shape index (κ3) is 1.48. The fourth-order valence-corrected chi connectivity index (χ4v) is 0.658. The molecule has 44 valence electrons. The zero-order valence-electron chi connectivity index (χ0n) is 3.94. The molecule has 0 radical (unpaired) electrons. The van der Waals surface area contributed by atoms with E-state index in [4.69, 9.17) is 0 Å². The molecule has 0 aliphatic carbocycles. The lowest BCUT2D eigenvalue weighted by atomic mass is 10.6. The van der Waals surface area contributed by atoms with Crippen molar-refractivity contribution >= 4 is 11.1 Å². The summed E-state index contributed by atoms with van der Waals surface area (Å²) in [6.07, 6.45) is 4.48. The fraction of sp³-hybridized carbons (Fsp3) is 0. The first-order valence-corrected chi connectivity index (χ1v) is 3.11. The zero-order chi connectivity index (χ0) is 5.82. The summed E-state index contributed by atoms with van der Waals surface area (Å²) < 4.78 is 14.5. The molecule has 1 aliphatic heterocycles. The van der Waals surface area contributed by atoms with Crippen LogP contribution in [-0.2, 0) is 20.3 Å². The fourth-order valence-electron chi connectivity index (χ4n) is 0.271. The molecule has 0 amide bonds. The maximum Gasteiger partial charge on any atom is 0.224 e. The van der Waals surface area contributed by atoms with E-state index in [9.17, 15) is 4.21 Å². The summed E-state index contributed by atoms with van der Waals surface area (Å²) in [7, 11) is 0. The van der Waals surface area contributed by atoms with Gasteiger partial charge in [-0.25, -0.2) is 4.21 Å². The predicted octanol–water partition coefficient (Wildman–Crippen LogP) is 0.639. The molecule has 0 saturated carbocycles. The molecule has 1 aliphatic rings. The van der Waals surface area contributed by atoms with E-state index in [-0.39, 0.29) is 0 Å². The lowest BCUT2D eigenvalue weighted by molar-refractivity contribution is -0.134. The van der Waals surface area contributed by atoms with Gasteiger partial charge in [0.2, 0.25) is 11.1 Å². The average Bonchev–Trinajstić information content (AvgIpc) is 1.94. The second kappa shape index (κ2) is 2.64. The first-order chi connectivity index (χ1) is 3.89. The molecule has 4 heteroatoms. The maximum atomic E-state index is 10.3. The lowest BCUT2D eigenvalue weighted by Gasteiger charge is -1.88. The van der Waals surface area contributed by atoms with Crippen molar-refractivity contribution in [2.45, 2.75) is 0 Å². The zero-order valence-corrected chi connectivity index (χ0v) is 4.76. The van der Waals surface area contributed by atoms with Gasteiger partial charge in [0.05, 0.1) is 0 Å². The number of hydrogen-bond acceptors (Lipinski definition) is 3. The number of rotatable bonds is 0. The van der Waals surface area contributed by atoms with E-state index < -0.39 is 11.1 Å². The standard InChI is InChI=1S/C4H4O3S/c5-8-4-2-1-3-6-7-8/h1-4H. The van der Waals surface area contributed by atoms with Gasteiger partial charge in [-0.15, -0.1) is 0 Å². The Balaban J connectivity index is 2.58. The molecule has 0 aromatic heterocycles. The molecule has 0 saturated heterocycles. The molecule has 0 aromatic rings. The van der Waals surface area contributed by atoms with Gasteiger partial charge in [0.1, 0.15) is 6.26 Å². The highest BCUT2D eigenvalue weighted by molar-refractivity contribution is 7.83. The van der Waals surface area contributed by atoms with Crippen LogP contribution in [0, 0.1) is 0 Å². The van der Waals surface area contributed by atoms with Crippen molar-refractivity contribution in [2.24, 2.45) is 0 Å². The van der Waals surface area contributed by atoms with Crippen molar-refractivity contribution in [3.05, 3.63) is 23.8 Å². The molecule has 1 heterocycles. The molecular weight excluding hydrogens is 128 g/mol. The van der Waals surface area contributed by atoms with E-state index in [2.05, 4.69) is 9.22 Å². The summed E-state index contributed by atoms with van der Waals surface area (Å²) in [4.78, 5) is 4.26. The summed E-state index contributed by atoms with van der Waals surface area (Å²) >= 11 is -1.42. The van der Waals surface area contributed by atoms with Gasteiger partial charge in [-0.1, -0.05) is 4.33 Å². The Bertz CT molecular complexity index is 149. The van der Waals surface area contributed by atoms with Crippen LogP contribution in [0.2, 0.25) is 0 Å².